The Morgan fingerprint density at radius 3 is 2.43 bits per heavy atom. The van der Waals surface area contributed by atoms with Gasteiger partial charge in [-0.05, 0) is 20.8 Å². The summed E-state index contributed by atoms with van der Waals surface area (Å²) in [4.78, 5) is 7.65. The summed E-state index contributed by atoms with van der Waals surface area (Å²) in [6.07, 6.45) is 6.21. The lowest BCUT2D eigenvalue weighted by molar-refractivity contribution is 0.651. The average molecular weight is 211 g/mol. The van der Waals surface area contributed by atoms with Crippen molar-refractivity contribution in [1.29, 1.82) is 0 Å². The van der Waals surface area contributed by atoms with E-state index in [4.69, 9.17) is 0 Å². The lowest BCUT2D eigenvalue weighted by Gasteiger charge is -2.12. The molecular formula is C9H13N3OS. The Balaban J connectivity index is 2.71. The summed E-state index contributed by atoms with van der Waals surface area (Å²) in [6, 6.07) is 0. The number of hydrogen-bond donors (Lipinski definition) is 0. The molecule has 0 saturated heterocycles. The van der Waals surface area contributed by atoms with Crippen LogP contribution in [0.1, 0.15) is 26.3 Å². The van der Waals surface area contributed by atoms with Gasteiger partial charge >= 0.3 is 0 Å². The molecule has 1 aromatic rings. The molecule has 0 spiro atoms. The first-order chi connectivity index (χ1) is 6.50. The van der Waals surface area contributed by atoms with Gasteiger partial charge in [0.2, 0.25) is 0 Å². The Bertz CT molecular complexity index is 343. The maximum absolute atomic E-state index is 11.5. The molecule has 0 radical (unpaired) electrons. The third-order valence-corrected chi connectivity index (χ3v) is 2.75. The van der Waals surface area contributed by atoms with Gasteiger partial charge in [-0.1, -0.05) is 0 Å². The lowest BCUT2D eigenvalue weighted by atomic mass is 10.3. The minimum atomic E-state index is -1.22. The number of rotatable bonds is 2. The molecule has 1 atom stereocenters. The molecule has 0 N–H and O–H groups in total. The highest BCUT2D eigenvalue weighted by molar-refractivity contribution is 7.85. The van der Waals surface area contributed by atoms with Gasteiger partial charge in [0.05, 0.1) is 4.75 Å². The predicted octanol–water partition coefficient (Wildman–Crippen LogP) is 1.36. The lowest BCUT2D eigenvalue weighted by Crippen LogP contribution is -2.19. The van der Waals surface area contributed by atoms with Gasteiger partial charge in [0.25, 0.3) is 0 Å². The Hall–Kier alpha value is -1.10. The van der Waals surface area contributed by atoms with Gasteiger partial charge in [-0.25, -0.2) is 14.2 Å². The zero-order valence-corrected chi connectivity index (χ0v) is 9.28. The summed E-state index contributed by atoms with van der Waals surface area (Å²) in [7, 11) is -1.22. The highest BCUT2D eigenvalue weighted by Crippen LogP contribution is 2.11. The summed E-state index contributed by atoms with van der Waals surface area (Å²) in [5, 5.41) is 0. The quantitative estimate of drug-likeness (QED) is 0.694. The van der Waals surface area contributed by atoms with Crippen LogP contribution in [-0.2, 0) is 11.0 Å². The minimum absolute atomic E-state index is 0.327. The van der Waals surface area contributed by atoms with Gasteiger partial charge in [-0.15, -0.1) is 0 Å². The summed E-state index contributed by atoms with van der Waals surface area (Å²) in [5.74, 6) is 0. The molecule has 0 saturated carbocycles. The summed E-state index contributed by atoms with van der Waals surface area (Å²) >= 11 is 0. The third-order valence-electron chi connectivity index (χ3n) is 1.40. The zero-order chi connectivity index (χ0) is 10.6. The number of aromatic nitrogens is 2. The second-order valence-electron chi connectivity index (χ2n) is 3.77. The average Bonchev–Trinajstić information content (AvgIpc) is 2.14. The first-order valence-electron chi connectivity index (χ1n) is 4.21. The largest absolute Gasteiger partial charge is 0.244 e. The molecule has 1 aromatic heterocycles. The van der Waals surface area contributed by atoms with Crippen LogP contribution in [0.25, 0.3) is 0 Å². The predicted molar refractivity (Wildman–Crippen MR) is 57.5 cm³/mol. The molecule has 14 heavy (non-hydrogen) atoms. The SMILES string of the molecule is CC(C)(C)S(=O)N=Cc1cncnc1. The van der Waals surface area contributed by atoms with Crippen LogP contribution in [0.4, 0.5) is 0 Å². The van der Waals surface area contributed by atoms with Crippen LogP contribution >= 0.6 is 0 Å². The van der Waals surface area contributed by atoms with Crippen molar-refractivity contribution >= 4 is 17.2 Å². The Morgan fingerprint density at radius 1 is 1.36 bits per heavy atom. The Kier molecular flexibility index (Phi) is 3.46. The van der Waals surface area contributed by atoms with E-state index in [1.54, 1.807) is 12.4 Å². The molecule has 5 heteroatoms. The van der Waals surface area contributed by atoms with Crippen LogP contribution in [-0.4, -0.2) is 25.1 Å². The first-order valence-corrected chi connectivity index (χ1v) is 5.32. The molecule has 0 aliphatic rings. The van der Waals surface area contributed by atoms with Crippen molar-refractivity contribution in [1.82, 2.24) is 9.97 Å². The van der Waals surface area contributed by atoms with Gasteiger partial charge in [0.1, 0.15) is 17.3 Å². The monoisotopic (exact) mass is 211 g/mol. The van der Waals surface area contributed by atoms with E-state index in [1.165, 1.54) is 12.5 Å². The van der Waals surface area contributed by atoms with E-state index in [1.807, 2.05) is 20.8 Å². The Labute approximate surface area is 86.1 Å². The molecule has 1 unspecified atom stereocenters. The van der Waals surface area contributed by atoms with Gasteiger partial charge in [0, 0.05) is 24.2 Å². The molecule has 0 bridgehead atoms. The fourth-order valence-electron chi connectivity index (χ4n) is 0.644. The smallest absolute Gasteiger partial charge is 0.144 e. The van der Waals surface area contributed by atoms with Crippen molar-refractivity contribution in [2.45, 2.75) is 25.5 Å². The van der Waals surface area contributed by atoms with Crippen LogP contribution < -0.4 is 0 Å². The molecule has 1 heterocycles. The fourth-order valence-corrected chi connectivity index (χ4v) is 1.18. The summed E-state index contributed by atoms with van der Waals surface area (Å²) < 4.78 is 15.1. The van der Waals surface area contributed by atoms with Crippen molar-refractivity contribution < 1.29 is 4.21 Å². The van der Waals surface area contributed by atoms with Gasteiger partial charge in [0.15, 0.2) is 0 Å². The standard InChI is InChI=1S/C9H13N3OS/c1-9(2,3)14(13)12-6-8-4-10-7-11-5-8/h4-7H,1-3H3. The third kappa shape index (κ3) is 3.33. The highest BCUT2D eigenvalue weighted by atomic mass is 32.2. The summed E-state index contributed by atoms with van der Waals surface area (Å²) in [5.41, 5.74) is 0.755. The van der Waals surface area contributed by atoms with Crippen LogP contribution in [0.5, 0.6) is 0 Å². The van der Waals surface area contributed by atoms with E-state index in [9.17, 15) is 4.21 Å². The van der Waals surface area contributed by atoms with Crippen LogP contribution in [0.15, 0.2) is 23.1 Å². The maximum atomic E-state index is 11.5. The second-order valence-corrected chi connectivity index (χ2v) is 5.70. The summed E-state index contributed by atoms with van der Waals surface area (Å²) in [6.45, 7) is 5.63. The minimum Gasteiger partial charge on any atom is -0.244 e. The molecule has 0 aliphatic carbocycles. The molecule has 4 nitrogen and oxygen atoms in total. The normalized spacial score (nSPS) is 14.5. The number of nitrogens with zero attached hydrogens (tertiary/aromatic N) is 3. The van der Waals surface area contributed by atoms with Gasteiger partial charge in [-0.3, -0.25) is 0 Å². The molecule has 76 valence electrons. The van der Waals surface area contributed by atoms with Crippen LogP contribution in [0.3, 0.4) is 0 Å². The van der Waals surface area contributed by atoms with Crippen molar-refractivity contribution in [2.75, 3.05) is 0 Å². The van der Waals surface area contributed by atoms with Crippen molar-refractivity contribution in [3.8, 4) is 0 Å². The van der Waals surface area contributed by atoms with Crippen molar-refractivity contribution in [2.24, 2.45) is 4.40 Å². The molecule has 0 aromatic carbocycles. The van der Waals surface area contributed by atoms with E-state index >= 15 is 0 Å². The molecular weight excluding hydrogens is 198 g/mol. The second kappa shape index (κ2) is 4.41. The van der Waals surface area contributed by atoms with E-state index in [0.29, 0.717) is 0 Å². The molecule has 0 aliphatic heterocycles. The fraction of sp³-hybridized carbons (Fsp3) is 0.444. The van der Waals surface area contributed by atoms with E-state index in [2.05, 4.69) is 14.4 Å². The Morgan fingerprint density at radius 2 is 1.93 bits per heavy atom. The molecule has 1 rings (SSSR count). The van der Waals surface area contributed by atoms with E-state index < -0.39 is 11.0 Å². The topological polar surface area (TPSA) is 55.2 Å². The van der Waals surface area contributed by atoms with Crippen LogP contribution in [0, 0.1) is 0 Å². The first kappa shape index (κ1) is 11.0. The van der Waals surface area contributed by atoms with Gasteiger partial charge in [-0.2, -0.15) is 4.40 Å². The van der Waals surface area contributed by atoms with Crippen molar-refractivity contribution in [3.63, 3.8) is 0 Å². The van der Waals surface area contributed by atoms with Crippen LogP contribution in [0.2, 0.25) is 0 Å². The van der Waals surface area contributed by atoms with Gasteiger partial charge < -0.3 is 0 Å². The number of hydrogen-bond acceptors (Lipinski definition) is 3. The zero-order valence-electron chi connectivity index (χ0n) is 8.47. The van der Waals surface area contributed by atoms with Crippen molar-refractivity contribution in [3.05, 3.63) is 24.3 Å². The van der Waals surface area contributed by atoms with E-state index in [-0.39, 0.29) is 4.75 Å². The molecule has 0 amide bonds. The maximum Gasteiger partial charge on any atom is 0.144 e. The highest BCUT2D eigenvalue weighted by Gasteiger charge is 2.17. The molecule has 0 fully saturated rings. The van der Waals surface area contributed by atoms with E-state index in [0.717, 1.165) is 5.56 Å².